The van der Waals surface area contributed by atoms with E-state index in [1.165, 1.54) is 0 Å². The topological polar surface area (TPSA) is 80.9 Å². The lowest BCUT2D eigenvalue weighted by atomic mass is 9.73. The van der Waals surface area contributed by atoms with Crippen LogP contribution in [0.15, 0.2) is 97.1 Å². The van der Waals surface area contributed by atoms with Gasteiger partial charge in [0.2, 0.25) is 0 Å². The van der Waals surface area contributed by atoms with Crippen molar-refractivity contribution in [3.8, 4) is 0 Å². The first-order valence-electron chi connectivity index (χ1n) is 15.4. The number of benzene rings is 4. The SMILES string of the molecule is CCC(O)c1ccc(C(c2ccc(C(O)CC)cc2)C(c2ccc(C(O)CC)cc2)c2ccc(C(O)CC)cc2)cc1. The van der Waals surface area contributed by atoms with Gasteiger partial charge in [-0.2, -0.15) is 0 Å². The third-order valence-corrected chi connectivity index (χ3v) is 8.60. The lowest BCUT2D eigenvalue weighted by Gasteiger charge is -2.30. The van der Waals surface area contributed by atoms with E-state index in [1.807, 2.05) is 76.2 Å². The average molecular weight is 567 g/mol. The van der Waals surface area contributed by atoms with Crippen LogP contribution in [0.25, 0.3) is 0 Å². The van der Waals surface area contributed by atoms with E-state index in [4.69, 9.17) is 0 Å². The molecule has 0 amide bonds. The monoisotopic (exact) mass is 566 g/mol. The second-order valence-electron chi connectivity index (χ2n) is 11.3. The first-order chi connectivity index (χ1) is 20.3. The summed E-state index contributed by atoms with van der Waals surface area (Å²) in [5.74, 6) is -0.149. The van der Waals surface area contributed by atoms with Crippen LogP contribution in [0, 0.1) is 0 Å². The number of hydrogen-bond donors (Lipinski definition) is 4. The molecule has 4 N–H and O–H groups in total. The Morgan fingerprint density at radius 3 is 0.595 bits per heavy atom. The highest BCUT2D eigenvalue weighted by atomic mass is 16.3. The van der Waals surface area contributed by atoms with Crippen LogP contribution in [-0.2, 0) is 0 Å². The Morgan fingerprint density at radius 1 is 0.310 bits per heavy atom. The standard InChI is InChI=1S/C38H46O4/c1-5-33(39)25-9-17-29(18-10-25)37(30-19-11-26(12-20-30)34(40)6-2)38(31-21-13-27(14-22-31)35(41)7-3)32-23-15-28(16-24-32)36(42)8-4/h9-24,33-42H,5-8H2,1-4H3. The molecule has 0 heterocycles. The fourth-order valence-electron chi connectivity index (χ4n) is 5.80. The van der Waals surface area contributed by atoms with Gasteiger partial charge in [0.25, 0.3) is 0 Å². The summed E-state index contributed by atoms with van der Waals surface area (Å²) in [6.07, 6.45) is 0.599. The normalized spacial score (nSPS) is 15.9. The number of hydrogen-bond acceptors (Lipinski definition) is 4. The van der Waals surface area contributed by atoms with Crippen LogP contribution < -0.4 is 0 Å². The summed E-state index contributed by atoms with van der Waals surface area (Å²) < 4.78 is 0. The molecule has 4 heteroatoms. The summed E-state index contributed by atoms with van der Waals surface area (Å²) >= 11 is 0. The Hall–Kier alpha value is -3.28. The molecule has 0 aromatic heterocycles. The Kier molecular flexibility index (Phi) is 11.1. The summed E-state index contributed by atoms with van der Waals surface area (Å²) in [6.45, 7) is 7.90. The minimum Gasteiger partial charge on any atom is -0.388 e. The molecule has 4 atom stereocenters. The molecule has 0 fully saturated rings. The van der Waals surface area contributed by atoms with Crippen molar-refractivity contribution >= 4 is 0 Å². The van der Waals surface area contributed by atoms with Crippen LogP contribution in [0.4, 0.5) is 0 Å². The summed E-state index contributed by atoms with van der Waals surface area (Å²) in [7, 11) is 0. The van der Waals surface area contributed by atoms with E-state index in [0.717, 1.165) is 44.5 Å². The van der Waals surface area contributed by atoms with E-state index in [0.29, 0.717) is 25.7 Å². The van der Waals surface area contributed by atoms with Crippen LogP contribution in [0.3, 0.4) is 0 Å². The second-order valence-corrected chi connectivity index (χ2v) is 11.3. The van der Waals surface area contributed by atoms with Crippen LogP contribution in [0.1, 0.15) is 134 Å². The summed E-state index contributed by atoms with van der Waals surface area (Å²) in [6, 6.07) is 33.1. The molecule has 0 bridgehead atoms. The van der Waals surface area contributed by atoms with E-state index in [-0.39, 0.29) is 11.8 Å². The van der Waals surface area contributed by atoms with Crippen molar-refractivity contribution < 1.29 is 20.4 Å². The van der Waals surface area contributed by atoms with Gasteiger partial charge in [-0.05, 0) is 70.2 Å². The van der Waals surface area contributed by atoms with Crippen LogP contribution >= 0.6 is 0 Å². The number of aliphatic hydroxyl groups excluding tert-OH is 4. The molecule has 42 heavy (non-hydrogen) atoms. The maximum atomic E-state index is 10.5. The Balaban J connectivity index is 1.90. The predicted molar refractivity (Wildman–Crippen MR) is 170 cm³/mol. The zero-order valence-corrected chi connectivity index (χ0v) is 25.3. The minimum absolute atomic E-state index is 0.0745. The van der Waals surface area contributed by atoms with E-state index in [2.05, 4.69) is 48.5 Å². The molecule has 4 unspecified atom stereocenters. The molecular formula is C38H46O4. The Labute approximate surface area is 251 Å². The molecule has 4 aromatic rings. The lowest BCUT2D eigenvalue weighted by Crippen LogP contribution is -2.16. The van der Waals surface area contributed by atoms with E-state index in [1.54, 1.807) is 0 Å². The summed E-state index contributed by atoms with van der Waals surface area (Å²) in [4.78, 5) is 0. The van der Waals surface area contributed by atoms with Crippen LogP contribution in [-0.4, -0.2) is 20.4 Å². The van der Waals surface area contributed by atoms with Crippen LogP contribution in [0.5, 0.6) is 0 Å². The summed E-state index contributed by atoms with van der Waals surface area (Å²) in [5.41, 5.74) is 8.06. The van der Waals surface area contributed by atoms with Gasteiger partial charge in [0.15, 0.2) is 0 Å². The van der Waals surface area contributed by atoms with Gasteiger partial charge in [-0.3, -0.25) is 0 Å². The third-order valence-electron chi connectivity index (χ3n) is 8.60. The van der Waals surface area contributed by atoms with Crippen molar-refractivity contribution in [3.05, 3.63) is 142 Å². The zero-order valence-electron chi connectivity index (χ0n) is 25.3. The maximum absolute atomic E-state index is 10.5. The lowest BCUT2D eigenvalue weighted by molar-refractivity contribution is 0.173. The van der Waals surface area contributed by atoms with Gasteiger partial charge in [-0.1, -0.05) is 125 Å². The van der Waals surface area contributed by atoms with Crippen molar-refractivity contribution in [1.29, 1.82) is 0 Å². The molecule has 0 spiro atoms. The largest absolute Gasteiger partial charge is 0.388 e. The third kappa shape index (κ3) is 7.19. The number of rotatable bonds is 13. The molecule has 0 aliphatic heterocycles. The second kappa shape index (κ2) is 14.8. The van der Waals surface area contributed by atoms with Crippen molar-refractivity contribution in [2.75, 3.05) is 0 Å². The minimum atomic E-state index is -0.502. The molecule has 4 nitrogen and oxygen atoms in total. The highest BCUT2D eigenvalue weighted by Gasteiger charge is 2.29. The highest BCUT2D eigenvalue weighted by molar-refractivity contribution is 5.47. The van der Waals surface area contributed by atoms with E-state index >= 15 is 0 Å². The van der Waals surface area contributed by atoms with E-state index in [9.17, 15) is 20.4 Å². The molecule has 0 saturated carbocycles. The Bertz CT molecular complexity index is 1150. The van der Waals surface area contributed by atoms with Crippen molar-refractivity contribution in [3.63, 3.8) is 0 Å². The molecule has 0 radical (unpaired) electrons. The molecule has 0 saturated heterocycles. The maximum Gasteiger partial charge on any atom is 0.0787 e. The summed E-state index contributed by atoms with van der Waals surface area (Å²) in [5, 5.41) is 41.9. The molecule has 4 rings (SSSR count). The van der Waals surface area contributed by atoms with Gasteiger partial charge in [0, 0.05) is 11.8 Å². The highest BCUT2D eigenvalue weighted by Crippen LogP contribution is 2.44. The molecular weight excluding hydrogens is 520 g/mol. The first kappa shape index (κ1) is 31.7. The van der Waals surface area contributed by atoms with Crippen molar-refractivity contribution in [2.24, 2.45) is 0 Å². The van der Waals surface area contributed by atoms with E-state index < -0.39 is 24.4 Å². The van der Waals surface area contributed by atoms with Crippen molar-refractivity contribution in [2.45, 2.75) is 89.6 Å². The average Bonchev–Trinajstić information content (AvgIpc) is 3.06. The van der Waals surface area contributed by atoms with Gasteiger partial charge >= 0.3 is 0 Å². The smallest absolute Gasteiger partial charge is 0.0787 e. The van der Waals surface area contributed by atoms with Crippen LogP contribution in [0.2, 0.25) is 0 Å². The van der Waals surface area contributed by atoms with Gasteiger partial charge in [-0.25, -0.2) is 0 Å². The number of aliphatic hydroxyl groups is 4. The predicted octanol–water partition coefficient (Wildman–Crippen LogP) is 8.42. The zero-order chi connectivity index (χ0) is 30.2. The molecule has 4 aromatic carbocycles. The quantitative estimate of drug-likeness (QED) is 0.131. The fourth-order valence-corrected chi connectivity index (χ4v) is 5.80. The molecule has 222 valence electrons. The first-order valence-corrected chi connectivity index (χ1v) is 15.4. The van der Waals surface area contributed by atoms with Gasteiger partial charge in [0.1, 0.15) is 0 Å². The Morgan fingerprint density at radius 2 is 0.452 bits per heavy atom. The van der Waals surface area contributed by atoms with Gasteiger partial charge in [-0.15, -0.1) is 0 Å². The van der Waals surface area contributed by atoms with Gasteiger partial charge in [0.05, 0.1) is 24.4 Å². The van der Waals surface area contributed by atoms with Gasteiger partial charge < -0.3 is 20.4 Å². The molecule has 0 aliphatic carbocycles. The fraction of sp³-hybridized carbons (Fsp3) is 0.368. The van der Waals surface area contributed by atoms with Crippen molar-refractivity contribution in [1.82, 2.24) is 0 Å². The molecule has 0 aliphatic rings.